The molecule has 1 unspecified atom stereocenters. The highest BCUT2D eigenvalue weighted by molar-refractivity contribution is 6.09. The standard InChI is InChI=1S/C26H26O3/c1-17-13-18-14-20(17)16-21(15-18)25(27)19-5-7-22(8-6-19)28-23-9-11-24(12-10-23)29-26(2,3)4/h5-12,14-17H,13H2,1-4H3. The predicted molar refractivity (Wildman–Crippen MR) is 115 cm³/mol. The van der Waals surface area contributed by atoms with Gasteiger partial charge in [0, 0.05) is 11.1 Å². The fourth-order valence-electron chi connectivity index (χ4n) is 3.63. The first-order valence-electron chi connectivity index (χ1n) is 10.0. The van der Waals surface area contributed by atoms with Crippen molar-refractivity contribution in [2.45, 2.75) is 45.6 Å². The van der Waals surface area contributed by atoms with Gasteiger partial charge in [0.15, 0.2) is 5.78 Å². The third kappa shape index (κ3) is 4.51. The van der Waals surface area contributed by atoms with Crippen molar-refractivity contribution in [1.29, 1.82) is 0 Å². The molecule has 0 amide bonds. The molecule has 3 heteroatoms. The Hall–Kier alpha value is -3.07. The van der Waals surface area contributed by atoms with Crippen LogP contribution in [0.2, 0.25) is 0 Å². The summed E-state index contributed by atoms with van der Waals surface area (Å²) in [5.41, 5.74) is 3.71. The van der Waals surface area contributed by atoms with Gasteiger partial charge in [-0.05, 0) is 105 Å². The lowest BCUT2D eigenvalue weighted by atomic mass is 10.0. The molecule has 4 rings (SSSR count). The van der Waals surface area contributed by atoms with E-state index in [9.17, 15) is 4.79 Å². The number of carbonyl (C=O) groups is 1. The van der Waals surface area contributed by atoms with Crippen molar-refractivity contribution in [1.82, 2.24) is 0 Å². The van der Waals surface area contributed by atoms with E-state index in [0.29, 0.717) is 17.2 Å². The molecule has 1 aliphatic rings. The summed E-state index contributed by atoms with van der Waals surface area (Å²) in [6.45, 7) is 8.25. The molecule has 3 aromatic rings. The van der Waals surface area contributed by atoms with Crippen LogP contribution in [-0.4, -0.2) is 11.4 Å². The van der Waals surface area contributed by atoms with E-state index in [4.69, 9.17) is 9.47 Å². The summed E-state index contributed by atoms with van der Waals surface area (Å²) in [5, 5.41) is 0. The normalized spacial score (nSPS) is 15.2. The highest BCUT2D eigenvalue weighted by Crippen LogP contribution is 2.31. The van der Waals surface area contributed by atoms with Gasteiger partial charge in [-0.3, -0.25) is 4.79 Å². The number of rotatable bonds is 5. The molecule has 0 spiro atoms. The number of ketones is 1. The van der Waals surface area contributed by atoms with Crippen LogP contribution in [0.25, 0.3) is 0 Å². The molecule has 0 N–H and O–H groups in total. The van der Waals surface area contributed by atoms with Gasteiger partial charge in [-0.1, -0.05) is 13.0 Å². The Morgan fingerprint density at radius 2 is 1.41 bits per heavy atom. The maximum atomic E-state index is 12.9. The smallest absolute Gasteiger partial charge is 0.193 e. The van der Waals surface area contributed by atoms with E-state index in [-0.39, 0.29) is 11.4 Å². The summed E-state index contributed by atoms with van der Waals surface area (Å²) in [6.07, 6.45) is 1.02. The van der Waals surface area contributed by atoms with Gasteiger partial charge in [0.05, 0.1) is 0 Å². The van der Waals surface area contributed by atoms with E-state index in [1.54, 1.807) is 0 Å². The SMILES string of the molecule is CC1Cc2cc(C(=O)c3ccc(Oc4ccc(OC(C)(C)C)cc4)cc3)cc1c2. The maximum Gasteiger partial charge on any atom is 0.193 e. The Morgan fingerprint density at radius 1 is 0.828 bits per heavy atom. The van der Waals surface area contributed by atoms with Gasteiger partial charge >= 0.3 is 0 Å². The summed E-state index contributed by atoms with van der Waals surface area (Å²) >= 11 is 0. The Morgan fingerprint density at radius 3 is 2.00 bits per heavy atom. The zero-order valence-electron chi connectivity index (χ0n) is 17.4. The van der Waals surface area contributed by atoms with Crippen molar-refractivity contribution in [3.8, 4) is 17.2 Å². The molecule has 0 heterocycles. The molecule has 148 valence electrons. The minimum Gasteiger partial charge on any atom is -0.488 e. The molecule has 1 atom stereocenters. The van der Waals surface area contributed by atoms with Crippen LogP contribution in [0.5, 0.6) is 17.2 Å². The predicted octanol–water partition coefficient (Wildman–Crippen LogP) is 6.55. The molecule has 1 aliphatic carbocycles. The monoisotopic (exact) mass is 386 g/mol. The van der Waals surface area contributed by atoms with E-state index in [0.717, 1.165) is 23.5 Å². The van der Waals surface area contributed by atoms with Crippen LogP contribution >= 0.6 is 0 Å². The Kier molecular flexibility index (Phi) is 4.91. The average molecular weight is 386 g/mol. The van der Waals surface area contributed by atoms with Crippen molar-refractivity contribution >= 4 is 5.78 Å². The lowest BCUT2D eigenvalue weighted by Gasteiger charge is -2.21. The van der Waals surface area contributed by atoms with Crippen molar-refractivity contribution in [3.63, 3.8) is 0 Å². The second kappa shape index (κ2) is 7.40. The minimum atomic E-state index is -0.234. The number of hydrogen-bond donors (Lipinski definition) is 0. The van der Waals surface area contributed by atoms with Gasteiger partial charge in [-0.25, -0.2) is 0 Å². The van der Waals surface area contributed by atoms with E-state index in [1.165, 1.54) is 11.1 Å². The third-order valence-electron chi connectivity index (χ3n) is 4.99. The molecule has 0 radical (unpaired) electrons. The van der Waals surface area contributed by atoms with E-state index in [1.807, 2.05) is 81.4 Å². The van der Waals surface area contributed by atoms with E-state index in [2.05, 4.69) is 13.0 Å². The number of ether oxygens (including phenoxy) is 2. The van der Waals surface area contributed by atoms with Gasteiger partial charge < -0.3 is 9.47 Å². The molecule has 3 aromatic carbocycles. The molecule has 0 saturated carbocycles. The lowest BCUT2D eigenvalue weighted by molar-refractivity contribution is 0.103. The number of benzene rings is 3. The number of carbonyl (C=O) groups excluding carboxylic acids is 1. The van der Waals surface area contributed by atoms with Crippen LogP contribution in [0.3, 0.4) is 0 Å². The molecule has 0 fully saturated rings. The van der Waals surface area contributed by atoms with E-state index < -0.39 is 0 Å². The highest BCUT2D eigenvalue weighted by atomic mass is 16.5. The Labute approximate surface area is 172 Å². The van der Waals surface area contributed by atoms with Gasteiger partial charge in [-0.2, -0.15) is 0 Å². The number of hydrogen-bond acceptors (Lipinski definition) is 3. The topological polar surface area (TPSA) is 35.5 Å². The van der Waals surface area contributed by atoms with Crippen LogP contribution in [0.1, 0.15) is 60.7 Å². The summed E-state index contributed by atoms with van der Waals surface area (Å²) in [6, 6.07) is 21.1. The van der Waals surface area contributed by atoms with Crippen molar-refractivity contribution in [2.24, 2.45) is 0 Å². The molecule has 0 saturated heterocycles. The maximum absolute atomic E-state index is 12.9. The first-order chi connectivity index (χ1) is 13.8. The first-order valence-corrected chi connectivity index (χ1v) is 10.0. The first kappa shape index (κ1) is 19.3. The fraction of sp³-hybridized carbons (Fsp3) is 0.269. The molecular weight excluding hydrogens is 360 g/mol. The molecule has 0 aliphatic heterocycles. The van der Waals surface area contributed by atoms with Crippen LogP contribution in [0, 0.1) is 0 Å². The Bertz CT molecular complexity index is 1030. The summed E-state index contributed by atoms with van der Waals surface area (Å²) in [4.78, 5) is 12.9. The summed E-state index contributed by atoms with van der Waals surface area (Å²) < 4.78 is 11.7. The zero-order valence-corrected chi connectivity index (χ0v) is 17.4. The summed E-state index contributed by atoms with van der Waals surface area (Å²) in [5.74, 6) is 2.78. The molecule has 29 heavy (non-hydrogen) atoms. The molecule has 2 bridgehead atoms. The van der Waals surface area contributed by atoms with Gasteiger partial charge in [0.2, 0.25) is 0 Å². The number of fused-ring (bicyclic) bond motifs is 2. The zero-order chi connectivity index (χ0) is 20.6. The summed E-state index contributed by atoms with van der Waals surface area (Å²) in [7, 11) is 0. The minimum absolute atomic E-state index is 0.0532. The van der Waals surface area contributed by atoms with Crippen LogP contribution in [0.15, 0.2) is 66.7 Å². The van der Waals surface area contributed by atoms with Crippen molar-refractivity contribution < 1.29 is 14.3 Å². The average Bonchev–Trinajstić information content (AvgIpc) is 2.93. The quantitative estimate of drug-likeness (QED) is 0.467. The second-order valence-electron chi connectivity index (χ2n) is 8.71. The molecule has 0 aromatic heterocycles. The Balaban J connectivity index is 1.44. The lowest BCUT2D eigenvalue weighted by Crippen LogP contribution is -2.22. The molecule has 3 nitrogen and oxygen atoms in total. The van der Waals surface area contributed by atoms with Crippen LogP contribution in [-0.2, 0) is 6.42 Å². The van der Waals surface area contributed by atoms with Crippen molar-refractivity contribution in [3.05, 3.63) is 89.0 Å². The van der Waals surface area contributed by atoms with Crippen LogP contribution < -0.4 is 9.47 Å². The van der Waals surface area contributed by atoms with Crippen LogP contribution in [0.4, 0.5) is 0 Å². The highest BCUT2D eigenvalue weighted by Gasteiger charge is 2.20. The largest absolute Gasteiger partial charge is 0.488 e. The van der Waals surface area contributed by atoms with Gasteiger partial charge in [0.1, 0.15) is 22.8 Å². The van der Waals surface area contributed by atoms with Gasteiger partial charge in [0.25, 0.3) is 0 Å². The third-order valence-corrected chi connectivity index (χ3v) is 4.99. The fourth-order valence-corrected chi connectivity index (χ4v) is 3.63. The van der Waals surface area contributed by atoms with Gasteiger partial charge in [-0.15, -0.1) is 0 Å². The van der Waals surface area contributed by atoms with Crippen molar-refractivity contribution in [2.75, 3.05) is 0 Å². The van der Waals surface area contributed by atoms with E-state index >= 15 is 0 Å². The molecular formula is C26H26O3. The second-order valence-corrected chi connectivity index (χ2v) is 8.71.